The molecule has 2 atom stereocenters. The number of allylic oxidation sites excluding steroid dienone is 8. The van der Waals surface area contributed by atoms with E-state index in [4.69, 9.17) is 14.2 Å². The lowest BCUT2D eigenvalue weighted by molar-refractivity contribution is -0.887. The number of rotatable bonds is 43. The lowest BCUT2D eigenvalue weighted by Crippen LogP contribution is -2.50. The van der Waals surface area contributed by atoms with Gasteiger partial charge in [-0.15, -0.1) is 0 Å². The van der Waals surface area contributed by atoms with Crippen LogP contribution in [0.3, 0.4) is 0 Å². The first kappa shape index (κ1) is 56.3. The molecule has 0 aromatic heterocycles. The van der Waals surface area contributed by atoms with Crippen molar-refractivity contribution < 1.29 is 38.2 Å². The van der Waals surface area contributed by atoms with Crippen LogP contribution in [0.4, 0.5) is 0 Å². The molecule has 0 aromatic carbocycles. The molecular weight excluding hydrogens is 739 g/mol. The summed E-state index contributed by atoms with van der Waals surface area (Å²) in [5, 5.41) is 9.63. The van der Waals surface area contributed by atoms with E-state index in [-0.39, 0.29) is 42.7 Å². The summed E-state index contributed by atoms with van der Waals surface area (Å²) in [6.07, 6.45) is 50.2. The second-order valence-corrected chi connectivity index (χ2v) is 17.3. The van der Waals surface area contributed by atoms with Crippen molar-refractivity contribution in [3.05, 3.63) is 48.6 Å². The molecule has 0 aromatic rings. The van der Waals surface area contributed by atoms with Gasteiger partial charge in [-0.1, -0.05) is 184 Å². The Hall–Kier alpha value is -2.71. The second kappa shape index (κ2) is 42.0. The van der Waals surface area contributed by atoms with E-state index >= 15 is 0 Å². The van der Waals surface area contributed by atoms with Gasteiger partial charge < -0.3 is 23.8 Å². The van der Waals surface area contributed by atoms with Gasteiger partial charge in [-0.05, 0) is 51.4 Å². The Morgan fingerprint density at radius 1 is 0.525 bits per heavy atom. The minimum atomic E-state index is -0.881. The summed E-state index contributed by atoms with van der Waals surface area (Å²) < 4.78 is 17.3. The number of quaternary nitrogens is 1. The number of carboxylic acids is 1. The van der Waals surface area contributed by atoms with E-state index < -0.39 is 18.1 Å². The third-order valence-corrected chi connectivity index (χ3v) is 10.7. The van der Waals surface area contributed by atoms with Gasteiger partial charge in [0.05, 0.1) is 34.4 Å². The molecule has 0 spiro atoms. The molecule has 0 aliphatic rings. The Morgan fingerprint density at radius 3 is 1.41 bits per heavy atom. The van der Waals surface area contributed by atoms with Crippen molar-refractivity contribution in [1.82, 2.24) is 0 Å². The molecule has 0 aliphatic heterocycles. The molecule has 0 rings (SSSR count). The second-order valence-electron chi connectivity index (χ2n) is 17.3. The largest absolute Gasteiger partial charge is 0.477 e. The normalized spacial score (nSPS) is 13.3. The van der Waals surface area contributed by atoms with Gasteiger partial charge in [0.25, 0.3) is 0 Å². The number of carboxylic acid groups (broad SMARTS) is 1. The zero-order valence-electron chi connectivity index (χ0n) is 39.0. The summed E-state index contributed by atoms with van der Waals surface area (Å²) in [6, 6.07) is -0.622. The zero-order valence-corrected chi connectivity index (χ0v) is 39.0. The maximum atomic E-state index is 12.7. The Balaban J connectivity index is 4.29. The summed E-state index contributed by atoms with van der Waals surface area (Å²) in [4.78, 5) is 37.0. The number of aliphatic carboxylic acids is 1. The quantitative estimate of drug-likeness (QED) is 0.0283. The molecule has 1 N–H and O–H groups in total. The monoisotopic (exact) mass is 831 g/mol. The van der Waals surface area contributed by atoms with Crippen LogP contribution in [0.15, 0.2) is 48.6 Å². The van der Waals surface area contributed by atoms with Crippen LogP contribution in [0.5, 0.6) is 0 Å². The summed E-state index contributed by atoms with van der Waals surface area (Å²) in [5.41, 5.74) is 0. The van der Waals surface area contributed by atoms with Crippen molar-refractivity contribution in [1.29, 1.82) is 0 Å². The molecule has 0 fully saturated rings. The van der Waals surface area contributed by atoms with Gasteiger partial charge in [0.2, 0.25) is 0 Å². The summed E-state index contributed by atoms with van der Waals surface area (Å²) in [6.45, 7) is 4.60. The van der Waals surface area contributed by atoms with Crippen LogP contribution in [-0.4, -0.2) is 80.6 Å². The maximum absolute atomic E-state index is 12.7. The highest BCUT2D eigenvalue weighted by Gasteiger charge is 2.31. The number of unbranched alkanes of at least 4 members (excludes halogenated alkanes) is 21. The first-order valence-corrected chi connectivity index (χ1v) is 24.2. The molecule has 0 saturated carbocycles. The molecule has 0 aliphatic carbocycles. The molecule has 0 radical (unpaired) electrons. The first-order chi connectivity index (χ1) is 28.6. The average Bonchev–Trinajstić information content (AvgIpc) is 3.19. The third kappa shape index (κ3) is 40.5. The van der Waals surface area contributed by atoms with Crippen LogP contribution in [0, 0.1) is 0 Å². The number of hydrogen-bond acceptors (Lipinski definition) is 6. The summed E-state index contributed by atoms with van der Waals surface area (Å²) in [5.74, 6) is -1.51. The fourth-order valence-corrected chi connectivity index (χ4v) is 7.02. The molecule has 2 unspecified atom stereocenters. The molecule has 342 valence electrons. The topological polar surface area (TPSA) is 99.1 Å². The fourth-order valence-electron chi connectivity index (χ4n) is 7.02. The smallest absolute Gasteiger partial charge is 0.362 e. The number of esters is 2. The molecular formula is C51H92NO7+. The minimum absolute atomic E-state index is 0.0454. The van der Waals surface area contributed by atoms with Crippen LogP contribution in [0.1, 0.15) is 206 Å². The van der Waals surface area contributed by atoms with E-state index in [1.807, 2.05) is 21.1 Å². The summed E-state index contributed by atoms with van der Waals surface area (Å²) in [7, 11) is 5.52. The van der Waals surface area contributed by atoms with Gasteiger partial charge in [0, 0.05) is 19.3 Å². The molecule has 0 amide bonds. The number of nitrogens with zero attached hydrogens (tertiary/aromatic N) is 1. The molecule has 8 heteroatoms. The highest BCUT2D eigenvalue weighted by Crippen LogP contribution is 2.16. The molecule has 59 heavy (non-hydrogen) atoms. The highest BCUT2D eigenvalue weighted by atomic mass is 16.6. The molecule has 0 bridgehead atoms. The number of carbonyl (C=O) groups is 3. The fraction of sp³-hybridized carbons (Fsp3) is 0.784. The predicted octanol–water partition coefficient (Wildman–Crippen LogP) is 13.6. The van der Waals surface area contributed by atoms with Crippen molar-refractivity contribution >= 4 is 17.9 Å². The SMILES string of the molecule is CC/C=C\C/C=C\C/C=C\C/C=C\CCCCC(=O)OC(COCCC(C(=O)O)[N+](C)(C)C)COC(=O)CCCCCCCCCCCCCCCCCCCCCC. The maximum Gasteiger partial charge on any atom is 0.362 e. The standard InChI is InChI=1S/C51H91NO7/c1-6-8-10-12-14-16-18-20-22-23-24-25-26-28-29-31-33-35-37-39-41-49(53)58-46-47(45-57-44-43-48(51(55)56)52(3,4)5)59-50(54)42-40-38-36-34-32-30-27-21-19-17-15-13-11-9-7-2/h9,11,15,17,21,27,32,34,47-48H,6-8,10,12-14,16,18-20,22-26,28-31,33,35-46H2,1-5H3/p+1/b11-9-,17-15-,27-21-,34-32-. The van der Waals surface area contributed by atoms with Crippen LogP contribution >= 0.6 is 0 Å². The first-order valence-electron chi connectivity index (χ1n) is 24.2. The van der Waals surface area contributed by atoms with Crippen molar-refractivity contribution in [2.45, 2.75) is 219 Å². The number of carbonyl (C=O) groups excluding carboxylic acids is 2. The van der Waals surface area contributed by atoms with Crippen LogP contribution in [0.2, 0.25) is 0 Å². The van der Waals surface area contributed by atoms with Gasteiger partial charge in [-0.25, -0.2) is 4.79 Å². The average molecular weight is 831 g/mol. The molecule has 0 heterocycles. The predicted molar refractivity (Wildman–Crippen MR) is 248 cm³/mol. The van der Waals surface area contributed by atoms with E-state index in [0.717, 1.165) is 57.8 Å². The van der Waals surface area contributed by atoms with E-state index in [0.29, 0.717) is 19.3 Å². The van der Waals surface area contributed by atoms with E-state index in [9.17, 15) is 19.5 Å². The molecule has 0 saturated heterocycles. The van der Waals surface area contributed by atoms with Crippen molar-refractivity contribution in [2.24, 2.45) is 0 Å². The van der Waals surface area contributed by atoms with E-state index in [2.05, 4.69) is 62.5 Å². The van der Waals surface area contributed by atoms with Gasteiger partial charge in [0.1, 0.15) is 6.61 Å². The van der Waals surface area contributed by atoms with Gasteiger partial charge in [0.15, 0.2) is 12.1 Å². The van der Waals surface area contributed by atoms with Gasteiger partial charge in [-0.2, -0.15) is 0 Å². The van der Waals surface area contributed by atoms with Crippen molar-refractivity contribution in [2.75, 3.05) is 41.0 Å². The third-order valence-electron chi connectivity index (χ3n) is 10.7. The van der Waals surface area contributed by atoms with Crippen LogP contribution in [-0.2, 0) is 28.6 Å². The number of hydrogen-bond donors (Lipinski definition) is 1. The Bertz CT molecular complexity index is 1110. The zero-order chi connectivity index (χ0) is 43.5. The van der Waals surface area contributed by atoms with Crippen molar-refractivity contribution in [3.63, 3.8) is 0 Å². The van der Waals surface area contributed by atoms with E-state index in [1.54, 1.807) is 0 Å². The van der Waals surface area contributed by atoms with Crippen LogP contribution in [0.25, 0.3) is 0 Å². The van der Waals surface area contributed by atoms with Crippen molar-refractivity contribution in [3.8, 4) is 0 Å². The Kier molecular flexibility index (Phi) is 40.1. The van der Waals surface area contributed by atoms with Gasteiger partial charge in [-0.3, -0.25) is 9.59 Å². The van der Waals surface area contributed by atoms with E-state index in [1.165, 1.54) is 109 Å². The number of ether oxygens (including phenoxy) is 3. The molecule has 8 nitrogen and oxygen atoms in total. The lowest BCUT2D eigenvalue weighted by Gasteiger charge is -2.31. The number of likely N-dealkylation sites (N-methyl/N-ethyl adjacent to an activating group) is 1. The Labute approximate surface area is 363 Å². The van der Waals surface area contributed by atoms with Gasteiger partial charge >= 0.3 is 17.9 Å². The van der Waals surface area contributed by atoms with Crippen LogP contribution < -0.4 is 0 Å². The highest BCUT2D eigenvalue weighted by molar-refractivity contribution is 5.72. The lowest BCUT2D eigenvalue weighted by atomic mass is 10.0. The Morgan fingerprint density at radius 2 is 0.949 bits per heavy atom. The summed E-state index contributed by atoms with van der Waals surface area (Å²) >= 11 is 0. The minimum Gasteiger partial charge on any atom is -0.477 e.